The zero-order valence-corrected chi connectivity index (χ0v) is 11.7. The molecule has 0 amide bonds. The molecule has 0 aromatic carbocycles. The third-order valence-corrected chi connectivity index (χ3v) is 2.53. The minimum atomic E-state index is -0.781. The molecule has 0 radical (unpaired) electrons. The maximum absolute atomic E-state index is 9.33. The Balaban J connectivity index is 2.73. The highest BCUT2D eigenvalue weighted by Crippen LogP contribution is 2.12. The molecule has 1 atom stereocenters. The van der Waals surface area contributed by atoms with Gasteiger partial charge in [0, 0.05) is 25.6 Å². The highest BCUT2D eigenvalue weighted by Gasteiger charge is 2.06. The largest absolute Gasteiger partial charge is 0.394 e. The van der Waals surface area contributed by atoms with E-state index in [1.54, 1.807) is 0 Å². The van der Waals surface area contributed by atoms with E-state index in [1.807, 2.05) is 6.07 Å². The lowest BCUT2D eigenvalue weighted by atomic mass is 10.3. The van der Waals surface area contributed by atoms with Crippen molar-refractivity contribution in [2.24, 2.45) is 0 Å². The first-order valence-electron chi connectivity index (χ1n) is 6.84. The van der Waals surface area contributed by atoms with Crippen molar-refractivity contribution in [3.8, 4) is 0 Å². The molecule has 1 aromatic rings. The second-order valence-corrected chi connectivity index (χ2v) is 4.45. The van der Waals surface area contributed by atoms with Crippen LogP contribution >= 0.6 is 0 Å². The van der Waals surface area contributed by atoms with Gasteiger partial charge in [0.2, 0.25) is 0 Å². The number of aliphatic hydroxyl groups is 2. The van der Waals surface area contributed by atoms with Crippen molar-refractivity contribution in [3.63, 3.8) is 0 Å². The lowest BCUT2D eigenvalue weighted by Gasteiger charge is -2.12. The highest BCUT2D eigenvalue weighted by atomic mass is 16.3. The maximum atomic E-state index is 9.33. The van der Waals surface area contributed by atoms with Crippen LogP contribution in [0.4, 0.5) is 11.6 Å². The van der Waals surface area contributed by atoms with Gasteiger partial charge in [0.1, 0.15) is 17.5 Å². The first kappa shape index (κ1) is 15.7. The SMILES string of the molecule is CCCNc1cc(NCC(O)CO)nc(CCC)n1. The first-order chi connectivity index (χ1) is 9.19. The van der Waals surface area contributed by atoms with Gasteiger partial charge in [0.05, 0.1) is 12.7 Å². The monoisotopic (exact) mass is 268 g/mol. The number of hydrogen-bond acceptors (Lipinski definition) is 6. The summed E-state index contributed by atoms with van der Waals surface area (Å²) in [5.74, 6) is 2.25. The lowest BCUT2D eigenvalue weighted by Crippen LogP contribution is -2.23. The fraction of sp³-hybridized carbons (Fsp3) is 0.692. The summed E-state index contributed by atoms with van der Waals surface area (Å²) in [6, 6.07) is 1.82. The molecule has 1 heterocycles. The van der Waals surface area contributed by atoms with Crippen molar-refractivity contribution in [2.45, 2.75) is 39.2 Å². The number of hydrogen-bond donors (Lipinski definition) is 4. The molecule has 1 unspecified atom stereocenters. The van der Waals surface area contributed by atoms with Gasteiger partial charge in [0.25, 0.3) is 0 Å². The van der Waals surface area contributed by atoms with Crippen LogP contribution < -0.4 is 10.6 Å². The maximum Gasteiger partial charge on any atom is 0.133 e. The van der Waals surface area contributed by atoms with Crippen molar-refractivity contribution in [3.05, 3.63) is 11.9 Å². The molecule has 0 saturated carbocycles. The minimum absolute atomic E-state index is 0.263. The van der Waals surface area contributed by atoms with E-state index in [2.05, 4.69) is 34.4 Å². The molecule has 0 spiro atoms. The van der Waals surface area contributed by atoms with Gasteiger partial charge in [-0.1, -0.05) is 13.8 Å². The molecule has 0 bridgehead atoms. The second kappa shape index (κ2) is 8.66. The van der Waals surface area contributed by atoms with Crippen molar-refractivity contribution in [1.29, 1.82) is 0 Å². The van der Waals surface area contributed by atoms with Crippen LogP contribution in [0, 0.1) is 0 Å². The van der Waals surface area contributed by atoms with Crippen molar-refractivity contribution in [1.82, 2.24) is 9.97 Å². The van der Waals surface area contributed by atoms with Gasteiger partial charge in [-0.15, -0.1) is 0 Å². The number of rotatable bonds is 9. The van der Waals surface area contributed by atoms with Crippen LogP contribution in [0.3, 0.4) is 0 Å². The summed E-state index contributed by atoms with van der Waals surface area (Å²) in [6.45, 7) is 5.05. The van der Waals surface area contributed by atoms with Gasteiger partial charge >= 0.3 is 0 Å². The average Bonchev–Trinajstić information content (AvgIpc) is 2.42. The van der Waals surface area contributed by atoms with Crippen molar-refractivity contribution >= 4 is 11.6 Å². The van der Waals surface area contributed by atoms with E-state index in [1.165, 1.54) is 0 Å². The van der Waals surface area contributed by atoms with E-state index in [9.17, 15) is 5.11 Å². The molecule has 0 aliphatic carbocycles. The fourth-order valence-corrected chi connectivity index (χ4v) is 1.55. The van der Waals surface area contributed by atoms with Crippen molar-refractivity contribution in [2.75, 3.05) is 30.3 Å². The summed E-state index contributed by atoms with van der Waals surface area (Å²) in [5.41, 5.74) is 0. The summed E-state index contributed by atoms with van der Waals surface area (Å²) in [6.07, 6.45) is 2.05. The molecule has 19 heavy (non-hydrogen) atoms. The molecule has 1 aromatic heterocycles. The summed E-state index contributed by atoms with van der Waals surface area (Å²) in [7, 11) is 0. The Kier molecular flexibility index (Phi) is 7.14. The fourth-order valence-electron chi connectivity index (χ4n) is 1.55. The number of nitrogens with zero attached hydrogens (tertiary/aromatic N) is 2. The van der Waals surface area contributed by atoms with Gasteiger partial charge < -0.3 is 20.8 Å². The van der Waals surface area contributed by atoms with Gasteiger partial charge in [-0.25, -0.2) is 9.97 Å². The van der Waals surface area contributed by atoms with E-state index in [-0.39, 0.29) is 13.2 Å². The first-order valence-corrected chi connectivity index (χ1v) is 6.84. The lowest BCUT2D eigenvalue weighted by molar-refractivity contribution is 0.105. The number of anilines is 2. The van der Waals surface area contributed by atoms with E-state index < -0.39 is 6.10 Å². The van der Waals surface area contributed by atoms with Crippen LogP contribution in [0.15, 0.2) is 6.07 Å². The summed E-state index contributed by atoms with van der Waals surface area (Å²) >= 11 is 0. The van der Waals surface area contributed by atoms with Gasteiger partial charge in [-0.05, 0) is 12.8 Å². The molecular formula is C13H24N4O2. The molecule has 4 N–H and O–H groups in total. The van der Waals surface area contributed by atoms with Crippen LogP contribution in [0.1, 0.15) is 32.5 Å². The van der Waals surface area contributed by atoms with Gasteiger partial charge in [0.15, 0.2) is 0 Å². The molecule has 108 valence electrons. The molecule has 0 aliphatic rings. The standard InChI is InChI=1S/C13H24N4O2/c1-3-5-11-16-12(14-6-4-2)7-13(17-11)15-8-10(19)9-18/h7,10,18-19H,3-6,8-9H2,1-2H3,(H2,14,15,16,17). The van der Waals surface area contributed by atoms with Crippen LogP contribution in [-0.4, -0.2) is 46.0 Å². The molecule has 0 saturated heterocycles. The Morgan fingerprint density at radius 2 is 1.84 bits per heavy atom. The summed E-state index contributed by atoms with van der Waals surface area (Å²) in [4.78, 5) is 8.82. The van der Waals surface area contributed by atoms with E-state index >= 15 is 0 Å². The Labute approximate surface area is 114 Å². The Hall–Kier alpha value is -1.40. The van der Waals surface area contributed by atoms with E-state index in [0.717, 1.165) is 37.4 Å². The molecular weight excluding hydrogens is 244 g/mol. The van der Waals surface area contributed by atoms with Gasteiger partial charge in [-0.2, -0.15) is 0 Å². The smallest absolute Gasteiger partial charge is 0.133 e. The number of aromatic nitrogens is 2. The average molecular weight is 268 g/mol. The zero-order chi connectivity index (χ0) is 14.1. The summed E-state index contributed by atoms with van der Waals surface area (Å²) in [5, 5.41) is 24.4. The molecule has 0 aliphatic heterocycles. The predicted octanol–water partition coefficient (Wildman–Crippen LogP) is 1.02. The Bertz CT molecular complexity index is 374. The zero-order valence-electron chi connectivity index (χ0n) is 11.7. The Morgan fingerprint density at radius 3 is 2.42 bits per heavy atom. The quantitative estimate of drug-likeness (QED) is 0.534. The number of aryl methyl sites for hydroxylation is 1. The third kappa shape index (κ3) is 5.85. The third-order valence-electron chi connectivity index (χ3n) is 2.53. The molecule has 0 fully saturated rings. The normalized spacial score (nSPS) is 12.2. The van der Waals surface area contributed by atoms with E-state index in [0.29, 0.717) is 5.82 Å². The topological polar surface area (TPSA) is 90.3 Å². The Morgan fingerprint density at radius 1 is 1.16 bits per heavy atom. The summed E-state index contributed by atoms with van der Waals surface area (Å²) < 4.78 is 0. The van der Waals surface area contributed by atoms with Crippen LogP contribution in [-0.2, 0) is 6.42 Å². The molecule has 1 rings (SSSR count). The van der Waals surface area contributed by atoms with Gasteiger partial charge in [-0.3, -0.25) is 0 Å². The molecule has 6 heteroatoms. The highest BCUT2D eigenvalue weighted by molar-refractivity contribution is 5.47. The van der Waals surface area contributed by atoms with Crippen LogP contribution in [0.5, 0.6) is 0 Å². The van der Waals surface area contributed by atoms with Crippen molar-refractivity contribution < 1.29 is 10.2 Å². The minimum Gasteiger partial charge on any atom is -0.394 e. The van der Waals surface area contributed by atoms with Crippen LogP contribution in [0.25, 0.3) is 0 Å². The molecule has 6 nitrogen and oxygen atoms in total. The van der Waals surface area contributed by atoms with Crippen LogP contribution in [0.2, 0.25) is 0 Å². The van der Waals surface area contributed by atoms with E-state index in [4.69, 9.17) is 5.11 Å². The number of nitrogens with one attached hydrogen (secondary N) is 2. The second-order valence-electron chi connectivity index (χ2n) is 4.45. The number of aliphatic hydroxyl groups excluding tert-OH is 2. The predicted molar refractivity (Wildman–Crippen MR) is 76.4 cm³/mol.